The molecule has 2 heterocycles. The predicted octanol–water partition coefficient (Wildman–Crippen LogP) is 3.62. The van der Waals surface area contributed by atoms with Gasteiger partial charge in [0.05, 0.1) is 23.8 Å². The van der Waals surface area contributed by atoms with E-state index in [1.54, 1.807) is 0 Å². The van der Waals surface area contributed by atoms with Crippen molar-refractivity contribution >= 4 is 18.9 Å². The Balaban J connectivity index is 1.34. The van der Waals surface area contributed by atoms with Gasteiger partial charge in [-0.25, -0.2) is 4.98 Å². The van der Waals surface area contributed by atoms with Crippen molar-refractivity contribution < 1.29 is 18.9 Å². The summed E-state index contributed by atoms with van der Waals surface area (Å²) in [4.78, 5) is 34.8. The van der Waals surface area contributed by atoms with Crippen LogP contribution in [-0.4, -0.2) is 52.6 Å². The Morgan fingerprint density at radius 3 is 2.53 bits per heavy atom. The number of carbonyl (C=O) groups excluding carboxylic acids is 2. The second kappa shape index (κ2) is 10.4. The molecule has 0 spiro atoms. The SMILES string of the molecule is CC(C)C[C@H](NC(=O)[C@H](Cc1ccccc1)NC(=O)c1cnccn1)B1O[C@@H]2CC3C[C@H](C3(C)C)[C@]2(C)O1. The zero-order valence-electron chi connectivity index (χ0n) is 23.0. The molecule has 1 unspecified atom stereocenters. The summed E-state index contributed by atoms with van der Waals surface area (Å²) in [6.45, 7) is 11.1. The Labute approximate surface area is 225 Å². The lowest BCUT2D eigenvalue weighted by Crippen LogP contribution is -2.65. The van der Waals surface area contributed by atoms with Crippen molar-refractivity contribution in [3.8, 4) is 0 Å². The summed E-state index contributed by atoms with van der Waals surface area (Å²) in [5.74, 6) is 0.359. The molecule has 4 fully saturated rings. The first-order valence-electron chi connectivity index (χ1n) is 13.8. The van der Waals surface area contributed by atoms with Crippen LogP contribution in [-0.2, 0) is 20.5 Å². The number of hydrogen-bond donors (Lipinski definition) is 2. The maximum absolute atomic E-state index is 13.8. The number of rotatable bonds is 9. The number of nitrogens with zero attached hydrogens (tertiary/aromatic N) is 2. The van der Waals surface area contributed by atoms with Crippen LogP contribution in [0.15, 0.2) is 48.9 Å². The monoisotopic (exact) mass is 518 g/mol. The van der Waals surface area contributed by atoms with E-state index < -0.39 is 19.1 Å². The van der Waals surface area contributed by atoms with Gasteiger partial charge in [0.1, 0.15) is 11.7 Å². The fourth-order valence-corrected chi connectivity index (χ4v) is 6.81. The average molecular weight is 518 g/mol. The van der Waals surface area contributed by atoms with Crippen LogP contribution < -0.4 is 10.6 Å². The van der Waals surface area contributed by atoms with E-state index in [-0.39, 0.29) is 34.7 Å². The topological polar surface area (TPSA) is 102 Å². The van der Waals surface area contributed by atoms with Crippen molar-refractivity contribution in [2.75, 3.05) is 0 Å². The first-order valence-corrected chi connectivity index (χ1v) is 13.8. The lowest BCUT2D eigenvalue weighted by molar-refractivity contribution is -0.199. The molecule has 202 valence electrons. The smallest absolute Gasteiger partial charge is 0.404 e. The summed E-state index contributed by atoms with van der Waals surface area (Å²) in [6, 6.07) is 8.87. The van der Waals surface area contributed by atoms with Crippen molar-refractivity contribution in [1.29, 1.82) is 0 Å². The highest BCUT2D eigenvalue weighted by molar-refractivity contribution is 6.48. The Kier molecular flexibility index (Phi) is 7.35. The quantitative estimate of drug-likeness (QED) is 0.492. The summed E-state index contributed by atoms with van der Waals surface area (Å²) in [5.41, 5.74) is 0.998. The maximum Gasteiger partial charge on any atom is 0.481 e. The summed E-state index contributed by atoms with van der Waals surface area (Å²) in [6.07, 6.45) is 7.60. The van der Waals surface area contributed by atoms with Crippen LogP contribution in [0.5, 0.6) is 0 Å². The summed E-state index contributed by atoms with van der Waals surface area (Å²) >= 11 is 0. The number of aromatic nitrogens is 2. The van der Waals surface area contributed by atoms with E-state index in [4.69, 9.17) is 9.31 Å². The van der Waals surface area contributed by atoms with Crippen molar-refractivity contribution in [2.45, 2.75) is 84.0 Å². The van der Waals surface area contributed by atoms with Gasteiger partial charge in [-0.15, -0.1) is 0 Å². The number of nitrogens with one attached hydrogen (secondary N) is 2. The minimum Gasteiger partial charge on any atom is -0.404 e. The Hall–Kier alpha value is -2.78. The van der Waals surface area contributed by atoms with Gasteiger partial charge < -0.3 is 19.9 Å². The summed E-state index contributed by atoms with van der Waals surface area (Å²) in [7, 11) is -0.528. The third-order valence-electron chi connectivity index (χ3n) is 9.05. The van der Waals surface area contributed by atoms with E-state index in [1.165, 1.54) is 25.0 Å². The zero-order chi connectivity index (χ0) is 27.1. The second-order valence-corrected chi connectivity index (χ2v) is 12.4. The molecule has 1 aliphatic heterocycles. The zero-order valence-corrected chi connectivity index (χ0v) is 23.0. The molecule has 1 saturated heterocycles. The van der Waals surface area contributed by atoms with Crippen molar-refractivity contribution in [3.63, 3.8) is 0 Å². The van der Waals surface area contributed by atoms with Crippen LogP contribution in [0.4, 0.5) is 0 Å². The van der Waals surface area contributed by atoms with Gasteiger partial charge in [0.2, 0.25) is 5.91 Å². The molecule has 3 saturated carbocycles. The number of hydrogen-bond acceptors (Lipinski definition) is 6. The average Bonchev–Trinajstić information content (AvgIpc) is 3.26. The van der Waals surface area contributed by atoms with Crippen LogP contribution >= 0.6 is 0 Å². The number of carbonyl (C=O) groups is 2. The van der Waals surface area contributed by atoms with Gasteiger partial charge in [0.25, 0.3) is 5.91 Å². The molecule has 3 aliphatic carbocycles. The lowest BCUT2D eigenvalue weighted by atomic mass is 9.43. The first kappa shape index (κ1) is 26.8. The van der Waals surface area contributed by atoms with E-state index in [0.717, 1.165) is 12.0 Å². The van der Waals surface area contributed by atoms with E-state index in [1.807, 2.05) is 30.3 Å². The van der Waals surface area contributed by atoms with Gasteiger partial charge in [0.15, 0.2) is 0 Å². The fraction of sp³-hybridized carbons (Fsp3) is 0.586. The number of benzene rings is 1. The van der Waals surface area contributed by atoms with Crippen LogP contribution in [0, 0.1) is 23.2 Å². The van der Waals surface area contributed by atoms with E-state index in [0.29, 0.717) is 30.6 Å². The molecular weight excluding hydrogens is 479 g/mol. The summed E-state index contributed by atoms with van der Waals surface area (Å²) in [5, 5.41) is 6.08. The highest BCUT2D eigenvalue weighted by Gasteiger charge is 2.68. The lowest BCUT2D eigenvalue weighted by Gasteiger charge is -2.64. The van der Waals surface area contributed by atoms with Crippen LogP contribution in [0.2, 0.25) is 0 Å². The standard InChI is InChI=1S/C29H39BN4O4/c1-18(2)13-25(30-37-24-16-20-15-23(28(20,3)4)29(24,5)38-30)34-26(35)21(14-19-9-7-6-8-10-19)33-27(36)22-17-31-11-12-32-22/h6-12,17-18,20-21,23-25H,13-16H2,1-5H3,(H,33,36)(H,34,35)/t20?,21-,23+,24+,25-,29-/m0/s1. The van der Waals surface area contributed by atoms with E-state index in [2.05, 4.69) is 55.2 Å². The van der Waals surface area contributed by atoms with Gasteiger partial charge in [-0.2, -0.15) is 0 Å². The van der Waals surface area contributed by atoms with Gasteiger partial charge in [0, 0.05) is 18.8 Å². The maximum atomic E-state index is 13.8. The minimum atomic E-state index is -0.799. The highest BCUT2D eigenvalue weighted by Crippen LogP contribution is 2.65. The largest absolute Gasteiger partial charge is 0.481 e. The molecule has 1 aromatic carbocycles. The Morgan fingerprint density at radius 2 is 1.87 bits per heavy atom. The van der Waals surface area contributed by atoms with E-state index >= 15 is 0 Å². The van der Waals surface area contributed by atoms with E-state index in [9.17, 15) is 9.59 Å². The van der Waals surface area contributed by atoms with Gasteiger partial charge >= 0.3 is 7.12 Å². The Morgan fingerprint density at radius 1 is 1.11 bits per heavy atom. The van der Waals surface area contributed by atoms with Crippen LogP contribution in [0.25, 0.3) is 0 Å². The third-order valence-corrected chi connectivity index (χ3v) is 9.05. The van der Waals surface area contributed by atoms with Crippen molar-refractivity contribution in [2.24, 2.45) is 23.2 Å². The molecule has 38 heavy (non-hydrogen) atoms. The minimum absolute atomic E-state index is 0.0345. The predicted molar refractivity (Wildman–Crippen MR) is 145 cm³/mol. The summed E-state index contributed by atoms with van der Waals surface area (Å²) < 4.78 is 13.2. The van der Waals surface area contributed by atoms with Crippen LogP contribution in [0.1, 0.15) is 69.9 Å². The second-order valence-electron chi connectivity index (χ2n) is 12.4. The molecule has 2 bridgehead atoms. The number of amides is 2. The molecule has 2 N–H and O–H groups in total. The molecule has 6 rings (SSSR count). The molecule has 9 heteroatoms. The molecular formula is C29H39BN4O4. The highest BCUT2D eigenvalue weighted by atomic mass is 16.7. The van der Waals surface area contributed by atoms with Crippen LogP contribution in [0.3, 0.4) is 0 Å². The third kappa shape index (κ3) is 5.10. The molecule has 2 aromatic rings. The normalized spacial score (nSPS) is 28.7. The molecule has 1 aromatic heterocycles. The molecule has 4 aliphatic rings. The van der Waals surface area contributed by atoms with Crippen molar-refractivity contribution in [3.05, 3.63) is 60.2 Å². The molecule has 0 radical (unpaired) electrons. The van der Waals surface area contributed by atoms with Gasteiger partial charge in [-0.3, -0.25) is 14.6 Å². The molecule has 8 nitrogen and oxygen atoms in total. The van der Waals surface area contributed by atoms with Gasteiger partial charge in [-0.1, -0.05) is 58.0 Å². The Bertz CT molecular complexity index is 1150. The molecule has 6 atom stereocenters. The fourth-order valence-electron chi connectivity index (χ4n) is 6.81. The van der Waals surface area contributed by atoms with Gasteiger partial charge in [-0.05, 0) is 54.9 Å². The van der Waals surface area contributed by atoms with Crippen molar-refractivity contribution in [1.82, 2.24) is 20.6 Å². The first-order chi connectivity index (χ1) is 18.1. The molecule has 2 amide bonds.